The molecule has 0 aliphatic heterocycles. The van der Waals surface area contributed by atoms with E-state index in [0.717, 1.165) is 18.9 Å². The van der Waals surface area contributed by atoms with Crippen LogP contribution in [0.4, 0.5) is 0 Å². The zero-order chi connectivity index (χ0) is 13.5. The molecule has 1 rings (SSSR count). The molecule has 1 fully saturated rings. The lowest BCUT2D eigenvalue weighted by Gasteiger charge is -2.37. The molecule has 0 radical (unpaired) electrons. The van der Waals surface area contributed by atoms with E-state index >= 15 is 0 Å². The minimum atomic E-state index is -0.0676. The molecular formula is C15H31NOS. The lowest BCUT2D eigenvalue weighted by Crippen LogP contribution is -2.42. The molecule has 0 heterocycles. The molecule has 0 aromatic carbocycles. The Bertz CT molecular complexity index is 225. The molecule has 18 heavy (non-hydrogen) atoms. The zero-order valence-corrected chi connectivity index (χ0v) is 13.4. The normalized spacial score (nSPS) is 30.7. The molecule has 1 aliphatic rings. The van der Waals surface area contributed by atoms with E-state index in [1.54, 1.807) is 0 Å². The summed E-state index contributed by atoms with van der Waals surface area (Å²) < 4.78 is 0. The van der Waals surface area contributed by atoms with Gasteiger partial charge in [-0.15, -0.1) is 0 Å². The molecule has 0 saturated heterocycles. The average Bonchev–Trinajstić information content (AvgIpc) is 2.38. The molecule has 1 N–H and O–H groups in total. The standard InChI is InChI=1S/C15H31NOS/c1-5-12-7-8-15(17)13(9-12)10-16(3)14(6-2)11-18-4/h12-15,17H,5-11H2,1-4H3. The van der Waals surface area contributed by atoms with Crippen molar-refractivity contribution in [2.75, 3.05) is 25.6 Å². The Labute approximate surface area is 118 Å². The van der Waals surface area contributed by atoms with Gasteiger partial charge in [-0.05, 0) is 50.8 Å². The van der Waals surface area contributed by atoms with Gasteiger partial charge in [-0.3, -0.25) is 0 Å². The first-order valence-corrected chi connectivity index (χ1v) is 8.88. The third-order valence-electron chi connectivity index (χ3n) is 4.60. The number of nitrogens with zero attached hydrogens (tertiary/aromatic N) is 1. The first-order valence-electron chi connectivity index (χ1n) is 7.49. The maximum atomic E-state index is 10.2. The van der Waals surface area contributed by atoms with Gasteiger partial charge >= 0.3 is 0 Å². The summed E-state index contributed by atoms with van der Waals surface area (Å²) in [5, 5.41) is 10.2. The van der Waals surface area contributed by atoms with Gasteiger partial charge in [0.05, 0.1) is 6.10 Å². The van der Waals surface area contributed by atoms with Crippen LogP contribution in [0.5, 0.6) is 0 Å². The number of hydrogen-bond donors (Lipinski definition) is 1. The Morgan fingerprint density at radius 2 is 2.06 bits per heavy atom. The van der Waals surface area contributed by atoms with Crippen LogP contribution in [0.15, 0.2) is 0 Å². The molecule has 0 spiro atoms. The smallest absolute Gasteiger partial charge is 0.0580 e. The van der Waals surface area contributed by atoms with Crippen LogP contribution < -0.4 is 0 Å². The van der Waals surface area contributed by atoms with Crippen molar-refractivity contribution in [2.45, 2.75) is 58.1 Å². The quantitative estimate of drug-likeness (QED) is 0.770. The van der Waals surface area contributed by atoms with Gasteiger partial charge in [-0.2, -0.15) is 11.8 Å². The Morgan fingerprint density at radius 1 is 1.33 bits per heavy atom. The third-order valence-corrected chi connectivity index (χ3v) is 5.32. The molecule has 4 atom stereocenters. The SMILES string of the molecule is CCC1CCC(O)C(CN(C)C(CC)CSC)C1. The van der Waals surface area contributed by atoms with Crippen molar-refractivity contribution in [3.63, 3.8) is 0 Å². The van der Waals surface area contributed by atoms with Gasteiger partial charge in [-0.25, -0.2) is 0 Å². The highest BCUT2D eigenvalue weighted by Crippen LogP contribution is 2.32. The van der Waals surface area contributed by atoms with E-state index in [1.807, 2.05) is 11.8 Å². The zero-order valence-electron chi connectivity index (χ0n) is 12.6. The molecule has 108 valence electrons. The van der Waals surface area contributed by atoms with Gasteiger partial charge in [0.25, 0.3) is 0 Å². The summed E-state index contributed by atoms with van der Waals surface area (Å²) in [6.07, 6.45) is 8.04. The van der Waals surface area contributed by atoms with Crippen molar-refractivity contribution in [2.24, 2.45) is 11.8 Å². The van der Waals surface area contributed by atoms with E-state index in [1.165, 1.54) is 31.4 Å². The average molecular weight is 273 g/mol. The minimum absolute atomic E-state index is 0.0676. The summed E-state index contributed by atoms with van der Waals surface area (Å²) in [5.74, 6) is 2.53. The monoisotopic (exact) mass is 273 g/mol. The maximum Gasteiger partial charge on any atom is 0.0580 e. The van der Waals surface area contributed by atoms with Crippen molar-refractivity contribution >= 4 is 11.8 Å². The molecule has 4 unspecified atom stereocenters. The van der Waals surface area contributed by atoms with Crippen LogP contribution in [-0.4, -0.2) is 47.8 Å². The molecule has 1 aliphatic carbocycles. The molecule has 0 amide bonds. The highest BCUT2D eigenvalue weighted by Gasteiger charge is 2.30. The number of aliphatic hydroxyl groups is 1. The highest BCUT2D eigenvalue weighted by molar-refractivity contribution is 7.98. The van der Waals surface area contributed by atoms with Crippen LogP contribution in [0.25, 0.3) is 0 Å². The summed E-state index contributed by atoms with van der Waals surface area (Å²) in [6, 6.07) is 0.661. The first kappa shape index (κ1) is 16.3. The van der Waals surface area contributed by atoms with Crippen LogP contribution in [0.3, 0.4) is 0 Å². The predicted molar refractivity (Wildman–Crippen MR) is 82.2 cm³/mol. The summed E-state index contributed by atoms with van der Waals surface area (Å²) in [7, 11) is 2.23. The fourth-order valence-corrected chi connectivity index (χ4v) is 4.06. The molecule has 3 heteroatoms. The molecule has 2 nitrogen and oxygen atoms in total. The van der Waals surface area contributed by atoms with Crippen LogP contribution in [0, 0.1) is 11.8 Å². The fraction of sp³-hybridized carbons (Fsp3) is 1.00. The Kier molecular flexibility index (Phi) is 7.66. The summed E-state index contributed by atoms with van der Waals surface area (Å²) >= 11 is 1.93. The summed E-state index contributed by atoms with van der Waals surface area (Å²) in [4.78, 5) is 2.47. The second kappa shape index (κ2) is 8.44. The van der Waals surface area contributed by atoms with Crippen molar-refractivity contribution in [3.8, 4) is 0 Å². The van der Waals surface area contributed by atoms with Gasteiger partial charge in [0.15, 0.2) is 0 Å². The Balaban J connectivity index is 2.47. The lowest BCUT2D eigenvalue weighted by atomic mass is 9.78. The van der Waals surface area contributed by atoms with Gasteiger partial charge in [0.1, 0.15) is 0 Å². The number of aliphatic hydroxyl groups excluding tert-OH is 1. The number of rotatable bonds is 7. The molecule has 0 aromatic rings. The summed E-state index contributed by atoms with van der Waals surface area (Å²) in [6.45, 7) is 5.62. The van der Waals surface area contributed by atoms with Crippen molar-refractivity contribution in [3.05, 3.63) is 0 Å². The molecule has 0 bridgehead atoms. The van der Waals surface area contributed by atoms with Crippen molar-refractivity contribution in [1.82, 2.24) is 4.90 Å². The number of hydrogen-bond acceptors (Lipinski definition) is 3. The molecule has 0 aromatic heterocycles. The second-order valence-corrected chi connectivity index (χ2v) is 6.78. The van der Waals surface area contributed by atoms with Crippen molar-refractivity contribution in [1.29, 1.82) is 0 Å². The van der Waals surface area contributed by atoms with E-state index in [0.29, 0.717) is 12.0 Å². The minimum Gasteiger partial charge on any atom is -0.393 e. The Morgan fingerprint density at radius 3 is 2.61 bits per heavy atom. The summed E-state index contributed by atoms with van der Waals surface area (Å²) in [5.41, 5.74) is 0. The van der Waals surface area contributed by atoms with E-state index in [4.69, 9.17) is 0 Å². The third kappa shape index (κ3) is 4.75. The van der Waals surface area contributed by atoms with Crippen molar-refractivity contribution < 1.29 is 5.11 Å². The molecular weight excluding hydrogens is 242 g/mol. The van der Waals surface area contributed by atoms with E-state index in [2.05, 4.69) is 32.1 Å². The van der Waals surface area contributed by atoms with E-state index in [-0.39, 0.29) is 6.10 Å². The van der Waals surface area contributed by atoms with Gasteiger partial charge in [0.2, 0.25) is 0 Å². The number of thioether (sulfide) groups is 1. The fourth-order valence-electron chi connectivity index (χ4n) is 3.18. The van der Waals surface area contributed by atoms with Gasteiger partial charge in [0, 0.05) is 18.3 Å². The lowest BCUT2D eigenvalue weighted by molar-refractivity contribution is 0.0254. The maximum absolute atomic E-state index is 10.2. The largest absolute Gasteiger partial charge is 0.393 e. The van der Waals surface area contributed by atoms with E-state index in [9.17, 15) is 5.11 Å². The van der Waals surface area contributed by atoms with Crippen LogP contribution in [0.1, 0.15) is 46.0 Å². The second-order valence-electron chi connectivity index (χ2n) is 5.87. The van der Waals surface area contributed by atoms with Gasteiger partial charge in [-0.1, -0.05) is 20.3 Å². The Hall–Kier alpha value is 0.270. The van der Waals surface area contributed by atoms with Crippen LogP contribution in [0.2, 0.25) is 0 Å². The molecule has 1 saturated carbocycles. The van der Waals surface area contributed by atoms with Crippen LogP contribution >= 0.6 is 11.8 Å². The highest BCUT2D eigenvalue weighted by atomic mass is 32.2. The first-order chi connectivity index (χ1) is 8.62. The topological polar surface area (TPSA) is 23.5 Å². The van der Waals surface area contributed by atoms with Crippen LogP contribution in [-0.2, 0) is 0 Å². The predicted octanol–water partition coefficient (Wildman–Crippen LogP) is 3.25. The van der Waals surface area contributed by atoms with Gasteiger partial charge < -0.3 is 10.0 Å². The van der Waals surface area contributed by atoms with E-state index < -0.39 is 0 Å².